The van der Waals surface area contributed by atoms with Crippen LogP contribution in [-0.2, 0) is 16.6 Å². The van der Waals surface area contributed by atoms with Gasteiger partial charge in [-0.3, -0.25) is 4.98 Å². The number of rotatable bonds is 7. The quantitative estimate of drug-likeness (QED) is 0.770. The van der Waals surface area contributed by atoms with E-state index < -0.39 is 15.3 Å². The van der Waals surface area contributed by atoms with E-state index in [1.165, 1.54) is 11.4 Å². The highest BCUT2D eigenvalue weighted by molar-refractivity contribution is 7.89. The fraction of sp³-hybridized carbons (Fsp3) is 0.533. The molecule has 23 heavy (non-hydrogen) atoms. The van der Waals surface area contributed by atoms with Gasteiger partial charge in [0.25, 0.3) is 0 Å². The average molecular weight is 338 g/mol. The fourth-order valence-corrected chi connectivity index (χ4v) is 3.84. The van der Waals surface area contributed by atoms with Gasteiger partial charge in [-0.25, -0.2) is 8.42 Å². The lowest BCUT2D eigenvalue weighted by Crippen LogP contribution is -2.35. The topological polar surface area (TPSA) is 89.2 Å². The van der Waals surface area contributed by atoms with Crippen molar-refractivity contribution in [2.24, 2.45) is 5.92 Å². The molecule has 0 saturated carbocycles. The van der Waals surface area contributed by atoms with E-state index in [9.17, 15) is 8.42 Å². The van der Waals surface area contributed by atoms with Gasteiger partial charge in [-0.05, 0) is 31.4 Å². The van der Waals surface area contributed by atoms with Crippen LogP contribution in [-0.4, -0.2) is 40.1 Å². The molecule has 0 saturated heterocycles. The third kappa shape index (κ3) is 4.35. The number of hydrogen-bond donors (Lipinski definition) is 0. The Morgan fingerprint density at radius 3 is 2.65 bits per heavy atom. The summed E-state index contributed by atoms with van der Waals surface area (Å²) < 4.78 is 31.4. The minimum Gasteiger partial charge on any atom is -0.338 e. The molecule has 2 rings (SSSR count). The molecule has 0 aliphatic carbocycles. The molecule has 0 radical (unpaired) electrons. The lowest BCUT2D eigenvalue weighted by Gasteiger charge is -2.21. The maximum atomic E-state index is 12.5. The molecule has 0 aliphatic heterocycles. The zero-order valence-electron chi connectivity index (χ0n) is 13.8. The van der Waals surface area contributed by atoms with Gasteiger partial charge in [0.2, 0.25) is 21.7 Å². The SMILES string of the molecule is CC(C)CC(C)S(=O)(=O)N(C)Cc1nc(-c2cccnc2)no1. The second-order valence-corrected chi connectivity index (χ2v) is 8.45. The highest BCUT2D eigenvalue weighted by Gasteiger charge is 2.28. The van der Waals surface area contributed by atoms with E-state index in [0.717, 1.165) is 5.56 Å². The minimum atomic E-state index is -3.39. The average Bonchev–Trinajstić information content (AvgIpc) is 2.96. The summed E-state index contributed by atoms with van der Waals surface area (Å²) in [4.78, 5) is 8.22. The van der Waals surface area contributed by atoms with Gasteiger partial charge in [0.05, 0.1) is 11.8 Å². The summed E-state index contributed by atoms with van der Waals surface area (Å²) in [7, 11) is -1.87. The number of hydrogen-bond acceptors (Lipinski definition) is 6. The van der Waals surface area contributed by atoms with Crippen molar-refractivity contribution in [1.29, 1.82) is 0 Å². The van der Waals surface area contributed by atoms with Gasteiger partial charge in [-0.15, -0.1) is 0 Å². The van der Waals surface area contributed by atoms with E-state index in [4.69, 9.17) is 4.52 Å². The van der Waals surface area contributed by atoms with Gasteiger partial charge >= 0.3 is 0 Å². The predicted molar refractivity (Wildman–Crippen MR) is 86.8 cm³/mol. The molecule has 1 unspecified atom stereocenters. The van der Waals surface area contributed by atoms with Crippen LogP contribution < -0.4 is 0 Å². The summed E-state index contributed by atoms with van der Waals surface area (Å²) in [6, 6.07) is 3.59. The molecule has 0 spiro atoms. The molecular weight excluding hydrogens is 316 g/mol. The van der Waals surface area contributed by atoms with Gasteiger partial charge in [0.1, 0.15) is 0 Å². The van der Waals surface area contributed by atoms with E-state index in [0.29, 0.717) is 18.2 Å². The molecule has 0 fully saturated rings. The zero-order valence-corrected chi connectivity index (χ0v) is 14.6. The third-order valence-corrected chi connectivity index (χ3v) is 5.70. The van der Waals surface area contributed by atoms with Crippen LogP contribution >= 0.6 is 0 Å². The van der Waals surface area contributed by atoms with Gasteiger partial charge in [-0.2, -0.15) is 9.29 Å². The summed E-state index contributed by atoms with van der Waals surface area (Å²) in [6.07, 6.45) is 3.89. The van der Waals surface area contributed by atoms with Crippen LogP contribution in [0.4, 0.5) is 0 Å². The molecule has 0 aromatic carbocycles. The Bertz CT molecular complexity index is 728. The lowest BCUT2D eigenvalue weighted by molar-refractivity contribution is 0.334. The Morgan fingerprint density at radius 2 is 2.04 bits per heavy atom. The maximum absolute atomic E-state index is 12.5. The largest absolute Gasteiger partial charge is 0.338 e. The van der Waals surface area contributed by atoms with Crippen molar-refractivity contribution in [2.75, 3.05) is 7.05 Å². The van der Waals surface area contributed by atoms with E-state index in [1.54, 1.807) is 25.4 Å². The first-order valence-electron chi connectivity index (χ1n) is 7.49. The lowest BCUT2D eigenvalue weighted by atomic mass is 10.1. The summed E-state index contributed by atoms with van der Waals surface area (Å²) in [6.45, 7) is 5.78. The molecular formula is C15H22N4O3S. The van der Waals surface area contributed by atoms with Crippen molar-refractivity contribution in [3.8, 4) is 11.4 Å². The molecule has 2 aromatic rings. The first kappa shape index (κ1) is 17.6. The molecule has 7 nitrogen and oxygen atoms in total. The Hall–Kier alpha value is -1.80. The van der Waals surface area contributed by atoms with Crippen LogP contribution in [0.1, 0.15) is 33.1 Å². The van der Waals surface area contributed by atoms with Crippen molar-refractivity contribution in [2.45, 2.75) is 39.0 Å². The molecule has 2 heterocycles. The van der Waals surface area contributed by atoms with Gasteiger partial charge in [-0.1, -0.05) is 19.0 Å². The fourth-order valence-electron chi connectivity index (χ4n) is 2.30. The molecule has 0 aliphatic rings. The maximum Gasteiger partial charge on any atom is 0.242 e. The van der Waals surface area contributed by atoms with E-state index in [1.807, 2.05) is 19.9 Å². The van der Waals surface area contributed by atoms with Crippen molar-refractivity contribution in [3.05, 3.63) is 30.4 Å². The van der Waals surface area contributed by atoms with E-state index in [-0.39, 0.29) is 12.4 Å². The Morgan fingerprint density at radius 1 is 1.30 bits per heavy atom. The van der Waals surface area contributed by atoms with Crippen molar-refractivity contribution >= 4 is 10.0 Å². The number of pyridine rings is 1. The summed E-state index contributed by atoms with van der Waals surface area (Å²) in [5.74, 6) is 0.967. The number of sulfonamides is 1. The Kier molecular flexibility index (Phi) is 5.48. The number of aromatic nitrogens is 3. The summed E-state index contributed by atoms with van der Waals surface area (Å²) in [5, 5.41) is 3.42. The molecule has 0 amide bonds. The third-order valence-electron chi connectivity index (χ3n) is 3.49. The smallest absolute Gasteiger partial charge is 0.242 e. The van der Waals surface area contributed by atoms with E-state index in [2.05, 4.69) is 15.1 Å². The van der Waals surface area contributed by atoms with Crippen molar-refractivity contribution < 1.29 is 12.9 Å². The van der Waals surface area contributed by atoms with Crippen LogP contribution in [0, 0.1) is 5.92 Å². The van der Waals surface area contributed by atoms with Crippen LogP contribution in [0.25, 0.3) is 11.4 Å². The second-order valence-electron chi connectivity index (χ2n) is 5.99. The zero-order chi connectivity index (χ0) is 17.0. The normalized spacial score (nSPS) is 13.7. The van der Waals surface area contributed by atoms with Crippen LogP contribution in [0.2, 0.25) is 0 Å². The molecule has 1 atom stereocenters. The van der Waals surface area contributed by atoms with Crippen LogP contribution in [0.3, 0.4) is 0 Å². The molecule has 0 bridgehead atoms. The standard InChI is InChI=1S/C15H22N4O3S/c1-11(2)8-12(3)23(20,21)19(4)10-14-17-15(18-22-14)13-6-5-7-16-9-13/h5-7,9,11-12H,8,10H2,1-4H3. The first-order chi connectivity index (χ1) is 10.8. The molecule has 126 valence electrons. The van der Waals surface area contributed by atoms with Crippen LogP contribution in [0.5, 0.6) is 0 Å². The number of nitrogens with zero attached hydrogens (tertiary/aromatic N) is 4. The van der Waals surface area contributed by atoms with E-state index >= 15 is 0 Å². The highest BCUT2D eigenvalue weighted by Crippen LogP contribution is 2.19. The monoisotopic (exact) mass is 338 g/mol. The molecule has 0 N–H and O–H groups in total. The second kappa shape index (κ2) is 7.18. The van der Waals surface area contributed by atoms with Crippen molar-refractivity contribution in [1.82, 2.24) is 19.4 Å². The molecule has 8 heteroatoms. The molecule has 2 aromatic heterocycles. The summed E-state index contributed by atoms with van der Waals surface area (Å²) >= 11 is 0. The van der Waals surface area contributed by atoms with Gasteiger partial charge in [0, 0.05) is 25.0 Å². The summed E-state index contributed by atoms with van der Waals surface area (Å²) in [5.41, 5.74) is 0.723. The Balaban J connectivity index is 2.09. The Labute approximate surface area is 136 Å². The first-order valence-corrected chi connectivity index (χ1v) is 8.99. The van der Waals surface area contributed by atoms with Gasteiger partial charge in [0.15, 0.2) is 0 Å². The minimum absolute atomic E-state index is 0.0536. The van der Waals surface area contributed by atoms with Gasteiger partial charge < -0.3 is 4.52 Å². The van der Waals surface area contributed by atoms with Crippen molar-refractivity contribution in [3.63, 3.8) is 0 Å². The highest BCUT2D eigenvalue weighted by atomic mass is 32.2. The van der Waals surface area contributed by atoms with Crippen LogP contribution in [0.15, 0.2) is 29.0 Å². The predicted octanol–water partition coefficient (Wildman–Crippen LogP) is 2.33.